The first kappa shape index (κ1) is 16.5. The van der Waals surface area contributed by atoms with Gasteiger partial charge in [-0.1, -0.05) is 56.5 Å². The van der Waals surface area contributed by atoms with Crippen LogP contribution in [0.25, 0.3) is 11.1 Å². The van der Waals surface area contributed by atoms with Gasteiger partial charge in [-0.3, -0.25) is 9.36 Å². The molecule has 0 aliphatic heterocycles. The lowest BCUT2D eigenvalue weighted by atomic mass is 9.75. The number of hydrogen-bond donors (Lipinski definition) is 0. The van der Waals surface area contributed by atoms with Gasteiger partial charge in [0, 0.05) is 23.4 Å². The predicted octanol–water partition coefficient (Wildman–Crippen LogP) is 4.55. The monoisotopic (exact) mass is 325 g/mol. The number of nitrogens with zero attached hydrogens (tertiary/aromatic N) is 1. The lowest BCUT2D eigenvalue weighted by molar-refractivity contribution is 0.0601. The van der Waals surface area contributed by atoms with Gasteiger partial charge in [-0.15, -0.1) is 0 Å². The average molecular weight is 325 g/mol. The Morgan fingerprint density at radius 1 is 1.04 bits per heavy atom. The maximum absolute atomic E-state index is 13.0. The van der Waals surface area contributed by atoms with Crippen molar-refractivity contribution in [3.63, 3.8) is 0 Å². The number of aromatic nitrogens is 1. The third-order valence-electron chi connectivity index (χ3n) is 5.02. The lowest BCUT2D eigenvalue weighted by Gasteiger charge is -2.31. The fraction of sp³-hybridized carbons (Fsp3) is 0.400. The standard InChI is InChI=1S/C20H23NO3/c1-20(11-7-4-8-12-20)19(23)21-13-16(15-9-5-3-6-10-15)17(14-21)18(22)24-2/h3,5-6,9-10,13-14H,4,7-8,11-12H2,1-2H3. The Bertz CT molecular complexity index is 739. The second-order valence-corrected chi connectivity index (χ2v) is 6.78. The summed E-state index contributed by atoms with van der Waals surface area (Å²) in [6.07, 6.45) is 8.55. The maximum atomic E-state index is 13.0. The molecule has 1 heterocycles. The van der Waals surface area contributed by atoms with Crippen LogP contribution in [0.1, 0.15) is 54.2 Å². The van der Waals surface area contributed by atoms with Gasteiger partial charge in [0.1, 0.15) is 0 Å². The summed E-state index contributed by atoms with van der Waals surface area (Å²) < 4.78 is 6.48. The van der Waals surface area contributed by atoms with Crippen molar-refractivity contribution >= 4 is 11.9 Å². The van der Waals surface area contributed by atoms with Gasteiger partial charge in [0.2, 0.25) is 5.91 Å². The van der Waals surface area contributed by atoms with Crippen LogP contribution in [-0.4, -0.2) is 23.6 Å². The Morgan fingerprint density at radius 3 is 2.33 bits per heavy atom. The minimum absolute atomic E-state index is 0.0644. The van der Waals surface area contributed by atoms with Crippen molar-refractivity contribution in [2.75, 3.05) is 7.11 Å². The van der Waals surface area contributed by atoms with Gasteiger partial charge in [-0.25, -0.2) is 4.79 Å². The van der Waals surface area contributed by atoms with Gasteiger partial charge in [-0.05, 0) is 18.4 Å². The first-order chi connectivity index (χ1) is 11.5. The van der Waals surface area contributed by atoms with Crippen molar-refractivity contribution in [3.05, 3.63) is 48.3 Å². The van der Waals surface area contributed by atoms with Gasteiger partial charge in [0.15, 0.2) is 0 Å². The minimum atomic E-state index is -0.422. The summed E-state index contributed by atoms with van der Waals surface area (Å²) in [4.78, 5) is 25.2. The van der Waals surface area contributed by atoms with E-state index in [1.807, 2.05) is 37.3 Å². The third kappa shape index (κ3) is 3.01. The van der Waals surface area contributed by atoms with Gasteiger partial charge < -0.3 is 4.74 Å². The molecule has 0 atom stereocenters. The van der Waals surface area contributed by atoms with E-state index in [0.29, 0.717) is 5.56 Å². The SMILES string of the molecule is COC(=O)c1cn(C(=O)C2(C)CCCCC2)cc1-c1ccccc1. The Labute approximate surface area is 142 Å². The molecule has 4 heteroatoms. The highest BCUT2D eigenvalue weighted by Crippen LogP contribution is 2.38. The molecular weight excluding hydrogens is 302 g/mol. The van der Waals surface area contributed by atoms with Crippen molar-refractivity contribution in [2.24, 2.45) is 5.41 Å². The normalized spacial score (nSPS) is 16.6. The van der Waals surface area contributed by atoms with Crippen LogP contribution in [0, 0.1) is 5.41 Å². The van der Waals surface area contributed by atoms with E-state index in [0.717, 1.165) is 36.8 Å². The number of carbonyl (C=O) groups is 2. The zero-order valence-electron chi connectivity index (χ0n) is 14.2. The maximum Gasteiger partial charge on any atom is 0.340 e. The summed E-state index contributed by atoms with van der Waals surface area (Å²) in [5.41, 5.74) is 1.71. The van der Waals surface area contributed by atoms with Crippen LogP contribution in [0.15, 0.2) is 42.7 Å². The van der Waals surface area contributed by atoms with Crippen LogP contribution in [0.3, 0.4) is 0 Å². The molecule has 1 aromatic carbocycles. The molecule has 126 valence electrons. The van der Waals surface area contributed by atoms with Crippen LogP contribution in [0.5, 0.6) is 0 Å². The van der Waals surface area contributed by atoms with E-state index in [1.165, 1.54) is 13.5 Å². The Balaban J connectivity index is 2.02. The van der Waals surface area contributed by atoms with Crippen molar-refractivity contribution in [2.45, 2.75) is 39.0 Å². The van der Waals surface area contributed by atoms with Gasteiger partial charge in [0.25, 0.3) is 0 Å². The van der Waals surface area contributed by atoms with E-state index >= 15 is 0 Å². The third-order valence-corrected chi connectivity index (χ3v) is 5.02. The number of hydrogen-bond acceptors (Lipinski definition) is 3. The smallest absolute Gasteiger partial charge is 0.340 e. The quantitative estimate of drug-likeness (QED) is 0.778. The Kier molecular flexibility index (Phi) is 4.56. The molecule has 24 heavy (non-hydrogen) atoms. The predicted molar refractivity (Wildman–Crippen MR) is 93.0 cm³/mol. The number of ether oxygens (including phenoxy) is 1. The highest BCUT2D eigenvalue weighted by Gasteiger charge is 2.36. The molecule has 1 aliphatic rings. The molecule has 0 radical (unpaired) electrons. The van der Waals surface area contributed by atoms with Crippen LogP contribution < -0.4 is 0 Å². The summed E-state index contributed by atoms with van der Waals surface area (Å²) in [5.74, 6) is -0.358. The number of rotatable bonds is 3. The van der Waals surface area contributed by atoms with Crippen molar-refractivity contribution in [1.29, 1.82) is 0 Å². The van der Waals surface area contributed by atoms with E-state index in [4.69, 9.17) is 4.74 Å². The van der Waals surface area contributed by atoms with Crippen LogP contribution in [0.4, 0.5) is 0 Å². The Hall–Kier alpha value is -2.36. The summed E-state index contributed by atoms with van der Waals surface area (Å²) in [6, 6.07) is 9.61. The molecule has 2 aromatic rings. The summed E-state index contributed by atoms with van der Waals surface area (Å²) >= 11 is 0. The van der Waals surface area contributed by atoms with Crippen molar-refractivity contribution in [1.82, 2.24) is 4.57 Å². The number of esters is 1. The van der Waals surface area contributed by atoms with E-state index in [9.17, 15) is 9.59 Å². The molecular formula is C20H23NO3. The van der Waals surface area contributed by atoms with E-state index in [-0.39, 0.29) is 11.3 Å². The summed E-state index contributed by atoms with van der Waals surface area (Å²) in [6.45, 7) is 2.04. The van der Waals surface area contributed by atoms with Gasteiger partial charge >= 0.3 is 5.97 Å². The lowest BCUT2D eigenvalue weighted by Crippen LogP contribution is -2.33. The largest absolute Gasteiger partial charge is 0.465 e. The first-order valence-electron chi connectivity index (χ1n) is 8.46. The van der Waals surface area contributed by atoms with Crippen LogP contribution in [0.2, 0.25) is 0 Å². The molecule has 0 unspecified atom stereocenters. The number of carbonyl (C=O) groups excluding carboxylic acids is 2. The van der Waals surface area contributed by atoms with Crippen molar-refractivity contribution < 1.29 is 14.3 Å². The minimum Gasteiger partial charge on any atom is -0.465 e. The zero-order chi connectivity index (χ0) is 17.2. The molecule has 1 saturated carbocycles. The topological polar surface area (TPSA) is 48.3 Å². The molecule has 0 bridgehead atoms. The highest BCUT2D eigenvalue weighted by molar-refractivity contribution is 5.99. The van der Waals surface area contributed by atoms with Crippen molar-refractivity contribution in [3.8, 4) is 11.1 Å². The Morgan fingerprint density at radius 2 is 1.71 bits per heavy atom. The fourth-order valence-electron chi connectivity index (χ4n) is 3.55. The molecule has 3 rings (SSSR count). The number of methoxy groups -OCH3 is 1. The summed E-state index contributed by atoms with van der Waals surface area (Å²) in [7, 11) is 1.36. The molecule has 1 fully saturated rings. The molecule has 1 aromatic heterocycles. The van der Waals surface area contributed by atoms with E-state index < -0.39 is 5.97 Å². The van der Waals surface area contributed by atoms with E-state index in [2.05, 4.69) is 0 Å². The molecule has 0 N–H and O–H groups in total. The van der Waals surface area contributed by atoms with E-state index in [1.54, 1.807) is 17.0 Å². The second-order valence-electron chi connectivity index (χ2n) is 6.78. The molecule has 4 nitrogen and oxygen atoms in total. The molecule has 1 aliphatic carbocycles. The number of benzene rings is 1. The van der Waals surface area contributed by atoms with Crippen LogP contribution >= 0.6 is 0 Å². The second kappa shape index (κ2) is 6.63. The zero-order valence-corrected chi connectivity index (χ0v) is 14.2. The molecule has 0 saturated heterocycles. The summed E-state index contributed by atoms with van der Waals surface area (Å²) in [5, 5.41) is 0. The molecule has 0 amide bonds. The highest BCUT2D eigenvalue weighted by atomic mass is 16.5. The molecule has 0 spiro atoms. The van der Waals surface area contributed by atoms with Crippen LogP contribution in [-0.2, 0) is 4.74 Å². The first-order valence-corrected chi connectivity index (χ1v) is 8.46. The van der Waals surface area contributed by atoms with Gasteiger partial charge in [-0.2, -0.15) is 0 Å². The van der Waals surface area contributed by atoms with Gasteiger partial charge in [0.05, 0.1) is 12.7 Å². The average Bonchev–Trinajstić information content (AvgIpc) is 3.07. The fourth-order valence-corrected chi connectivity index (χ4v) is 3.55.